The number of anilines is 1. The summed E-state index contributed by atoms with van der Waals surface area (Å²) in [6.45, 7) is 0.474. The number of carbonyl (C=O) groups is 2. The van der Waals surface area contributed by atoms with E-state index in [1.807, 2.05) is 12.1 Å². The zero-order chi connectivity index (χ0) is 24.5. The highest BCUT2D eigenvalue weighted by Gasteiger charge is 2.35. The van der Waals surface area contributed by atoms with Crippen LogP contribution in [0, 0.1) is 16.0 Å². The lowest BCUT2D eigenvalue weighted by molar-refractivity contribution is -0.384. The summed E-state index contributed by atoms with van der Waals surface area (Å²) in [6, 6.07) is 9.63. The number of para-hydroxylation sites is 1. The molecule has 3 aromatic rings. The molecule has 12 heteroatoms. The van der Waals surface area contributed by atoms with Crippen LogP contribution in [-0.4, -0.2) is 34.8 Å². The maximum Gasteiger partial charge on any atom is 0.416 e. The van der Waals surface area contributed by atoms with E-state index in [4.69, 9.17) is 0 Å². The second kappa shape index (κ2) is 9.04. The number of aromatic amines is 1. The summed E-state index contributed by atoms with van der Waals surface area (Å²) in [5.41, 5.74) is 4.30. The Labute approximate surface area is 191 Å². The molecule has 0 radical (unpaired) electrons. The highest BCUT2D eigenvalue weighted by atomic mass is 19.4. The fourth-order valence-electron chi connectivity index (χ4n) is 4.04. The third kappa shape index (κ3) is 4.65. The van der Waals surface area contributed by atoms with Crippen molar-refractivity contribution in [2.75, 3.05) is 18.0 Å². The van der Waals surface area contributed by atoms with Crippen molar-refractivity contribution >= 4 is 34.1 Å². The third-order valence-electron chi connectivity index (χ3n) is 5.84. The van der Waals surface area contributed by atoms with Crippen LogP contribution in [0.3, 0.4) is 0 Å². The van der Waals surface area contributed by atoms with Gasteiger partial charge in [-0.1, -0.05) is 18.2 Å². The molecule has 0 saturated carbocycles. The molecular weight excluding hydrogens is 455 g/mol. The van der Waals surface area contributed by atoms with Gasteiger partial charge in [0.05, 0.1) is 16.1 Å². The van der Waals surface area contributed by atoms with Crippen LogP contribution in [-0.2, 0) is 11.0 Å². The van der Waals surface area contributed by atoms with Gasteiger partial charge in [-0.3, -0.25) is 30.6 Å². The number of fused-ring (bicyclic) bond motifs is 1. The van der Waals surface area contributed by atoms with Gasteiger partial charge in [0.25, 0.3) is 11.6 Å². The first-order chi connectivity index (χ1) is 16.1. The molecule has 0 bridgehead atoms. The minimum absolute atomic E-state index is 0.0736. The van der Waals surface area contributed by atoms with E-state index >= 15 is 0 Å². The number of nitrogens with zero attached hydrogens (tertiary/aromatic N) is 2. The minimum atomic E-state index is -4.69. The summed E-state index contributed by atoms with van der Waals surface area (Å²) in [6.07, 6.45) is -2.52. The molecule has 178 valence electrons. The van der Waals surface area contributed by atoms with E-state index in [1.165, 1.54) is 0 Å². The molecule has 3 N–H and O–H groups in total. The summed E-state index contributed by atoms with van der Waals surface area (Å²) in [4.78, 5) is 40.0. The van der Waals surface area contributed by atoms with Gasteiger partial charge in [-0.05, 0) is 31.0 Å². The maximum atomic E-state index is 12.9. The second-order valence-corrected chi connectivity index (χ2v) is 7.91. The van der Waals surface area contributed by atoms with Gasteiger partial charge in [-0.2, -0.15) is 13.2 Å². The molecule has 0 unspecified atom stereocenters. The van der Waals surface area contributed by atoms with Gasteiger partial charge in [-0.25, -0.2) is 0 Å². The zero-order valence-corrected chi connectivity index (χ0v) is 17.7. The number of halogens is 3. The smallest absolute Gasteiger partial charge is 0.366 e. The first-order valence-electron chi connectivity index (χ1n) is 10.4. The molecule has 34 heavy (non-hydrogen) atoms. The Kier molecular flexibility index (Phi) is 6.14. The number of nitrogens with one attached hydrogen (secondary N) is 3. The van der Waals surface area contributed by atoms with Crippen molar-refractivity contribution in [1.82, 2.24) is 15.8 Å². The van der Waals surface area contributed by atoms with E-state index in [1.54, 1.807) is 23.2 Å². The molecule has 1 aromatic heterocycles. The first-order valence-corrected chi connectivity index (χ1v) is 10.4. The molecule has 1 aliphatic heterocycles. The van der Waals surface area contributed by atoms with Crippen LogP contribution >= 0.6 is 0 Å². The van der Waals surface area contributed by atoms with Crippen molar-refractivity contribution in [3.05, 3.63) is 69.9 Å². The van der Waals surface area contributed by atoms with E-state index in [2.05, 4.69) is 15.8 Å². The van der Waals surface area contributed by atoms with Crippen molar-refractivity contribution in [2.45, 2.75) is 19.0 Å². The van der Waals surface area contributed by atoms with Gasteiger partial charge in [0.1, 0.15) is 5.69 Å². The van der Waals surface area contributed by atoms with Crippen LogP contribution in [0.5, 0.6) is 0 Å². The average Bonchev–Trinajstić information content (AvgIpc) is 3.26. The first kappa shape index (κ1) is 23.1. The Morgan fingerprint density at radius 3 is 2.47 bits per heavy atom. The Hall–Kier alpha value is -4.09. The van der Waals surface area contributed by atoms with Crippen molar-refractivity contribution in [2.24, 2.45) is 5.92 Å². The lowest BCUT2D eigenvalue weighted by Gasteiger charge is -2.32. The van der Waals surface area contributed by atoms with Crippen LogP contribution in [0.1, 0.15) is 28.8 Å². The predicted octanol–water partition coefficient (Wildman–Crippen LogP) is 3.77. The molecular formula is C22H20F3N5O4. The molecule has 1 saturated heterocycles. The number of benzene rings is 2. The molecule has 1 fully saturated rings. The fraction of sp³-hybridized carbons (Fsp3) is 0.273. The van der Waals surface area contributed by atoms with Crippen molar-refractivity contribution in [3.8, 4) is 0 Å². The highest BCUT2D eigenvalue weighted by molar-refractivity contribution is 6.07. The standard InChI is InChI=1S/C22H20F3N5O4/c23-22(24,25)14-5-6-18(19(11-14)30(33)34)29-9-7-13(8-10-29)20(31)27-28-21(32)16-12-26-17-4-2-1-3-15(16)17/h1-6,11-13,26H,7-10H2,(H,27,31)(H,28,32). The lowest BCUT2D eigenvalue weighted by Crippen LogP contribution is -2.47. The van der Waals surface area contributed by atoms with Crippen LogP contribution in [0.4, 0.5) is 24.5 Å². The number of aromatic nitrogens is 1. The number of piperidine rings is 1. The SMILES string of the molecule is O=C(NNC(=O)C1CCN(c2ccc(C(F)(F)F)cc2[N+](=O)[O-])CC1)c1c[nH]c2ccccc12. The number of carbonyl (C=O) groups excluding carboxylic acids is 2. The number of rotatable bonds is 4. The largest absolute Gasteiger partial charge is 0.416 e. The summed E-state index contributed by atoms with van der Waals surface area (Å²) >= 11 is 0. The van der Waals surface area contributed by atoms with Gasteiger partial charge in [0.2, 0.25) is 5.91 Å². The van der Waals surface area contributed by atoms with E-state index in [0.717, 1.165) is 17.6 Å². The number of hydrogen-bond donors (Lipinski definition) is 3. The Morgan fingerprint density at radius 2 is 1.79 bits per heavy atom. The Bertz CT molecular complexity index is 1250. The quantitative estimate of drug-likeness (QED) is 0.392. The third-order valence-corrected chi connectivity index (χ3v) is 5.84. The number of nitro groups is 1. The summed E-state index contributed by atoms with van der Waals surface area (Å²) < 4.78 is 38.8. The maximum absolute atomic E-state index is 12.9. The lowest BCUT2D eigenvalue weighted by atomic mass is 9.95. The molecule has 0 atom stereocenters. The Morgan fingerprint density at radius 1 is 1.09 bits per heavy atom. The van der Waals surface area contributed by atoms with Crippen molar-refractivity contribution in [1.29, 1.82) is 0 Å². The normalized spacial score (nSPS) is 14.7. The fourth-order valence-corrected chi connectivity index (χ4v) is 4.04. The number of hydrogen-bond acceptors (Lipinski definition) is 5. The average molecular weight is 475 g/mol. The number of H-pyrrole nitrogens is 1. The van der Waals surface area contributed by atoms with Crippen molar-refractivity contribution in [3.63, 3.8) is 0 Å². The van der Waals surface area contributed by atoms with E-state index in [-0.39, 0.29) is 18.8 Å². The number of nitro benzene ring substituents is 1. The van der Waals surface area contributed by atoms with Crippen LogP contribution in [0.25, 0.3) is 10.9 Å². The van der Waals surface area contributed by atoms with E-state index in [0.29, 0.717) is 29.9 Å². The number of alkyl halides is 3. The molecule has 9 nitrogen and oxygen atoms in total. The minimum Gasteiger partial charge on any atom is -0.366 e. The molecule has 2 aromatic carbocycles. The highest BCUT2D eigenvalue weighted by Crippen LogP contribution is 2.37. The van der Waals surface area contributed by atoms with Gasteiger partial charge < -0.3 is 9.88 Å². The topological polar surface area (TPSA) is 120 Å². The van der Waals surface area contributed by atoms with Crippen molar-refractivity contribution < 1.29 is 27.7 Å². The predicted molar refractivity (Wildman–Crippen MR) is 117 cm³/mol. The molecule has 2 heterocycles. The zero-order valence-electron chi connectivity index (χ0n) is 17.7. The van der Waals surface area contributed by atoms with Gasteiger partial charge in [0.15, 0.2) is 0 Å². The molecule has 1 aliphatic rings. The Balaban J connectivity index is 1.36. The molecule has 0 aliphatic carbocycles. The van der Waals surface area contributed by atoms with Gasteiger partial charge in [-0.15, -0.1) is 0 Å². The summed E-state index contributed by atoms with van der Waals surface area (Å²) in [7, 11) is 0. The molecule has 4 rings (SSSR count). The molecule has 0 spiro atoms. The monoisotopic (exact) mass is 475 g/mol. The van der Waals surface area contributed by atoms with Crippen LogP contribution in [0.15, 0.2) is 48.7 Å². The van der Waals surface area contributed by atoms with Gasteiger partial charge >= 0.3 is 6.18 Å². The van der Waals surface area contributed by atoms with E-state index in [9.17, 15) is 32.9 Å². The molecule has 2 amide bonds. The van der Waals surface area contributed by atoms with Crippen LogP contribution < -0.4 is 15.8 Å². The van der Waals surface area contributed by atoms with Gasteiger partial charge in [0, 0.05) is 42.2 Å². The summed E-state index contributed by atoms with van der Waals surface area (Å²) in [5, 5.41) is 12.1. The number of hydrazine groups is 1. The number of amides is 2. The van der Waals surface area contributed by atoms with E-state index < -0.39 is 40.1 Å². The van der Waals surface area contributed by atoms with Crippen LogP contribution in [0.2, 0.25) is 0 Å². The summed E-state index contributed by atoms with van der Waals surface area (Å²) in [5.74, 6) is -1.36. The second-order valence-electron chi connectivity index (χ2n) is 7.91.